The number of halogens is 6. The van der Waals surface area contributed by atoms with Crippen molar-refractivity contribution in [3.8, 4) is 5.88 Å². The molecule has 1 saturated carbocycles. The Morgan fingerprint density at radius 1 is 1.29 bits per heavy atom. The van der Waals surface area contributed by atoms with Crippen LogP contribution in [0.5, 0.6) is 5.88 Å². The predicted octanol–water partition coefficient (Wildman–Crippen LogP) is 3.88. The third-order valence-electron chi connectivity index (χ3n) is 6.29. The van der Waals surface area contributed by atoms with E-state index >= 15 is 0 Å². The van der Waals surface area contributed by atoms with Crippen molar-refractivity contribution in [1.82, 2.24) is 19.9 Å². The van der Waals surface area contributed by atoms with E-state index in [1.807, 2.05) is 0 Å². The Morgan fingerprint density at radius 3 is 2.61 bits per heavy atom. The third kappa shape index (κ3) is 5.02. The second-order valence-corrected chi connectivity index (χ2v) is 10.6. The predicted molar refractivity (Wildman–Crippen MR) is 128 cm³/mol. The zero-order valence-electron chi connectivity index (χ0n) is 20.3. The van der Waals surface area contributed by atoms with E-state index in [4.69, 9.17) is 5.73 Å². The molecule has 0 radical (unpaired) electrons. The lowest BCUT2D eigenvalue weighted by atomic mass is 9.86. The van der Waals surface area contributed by atoms with Gasteiger partial charge < -0.3 is 15.4 Å². The Labute approximate surface area is 217 Å². The summed E-state index contributed by atoms with van der Waals surface area (Å²) < 4.78 is 83.9. The Morgan fingerprint density at radius 2 is 2.00 bits per heavy atom. The van der Waals surface area contributed by atoms with Crippen molar-refractivity contribution in [3.63, 3.8) is 0 Å². The number of fused-ring (bicyclic) bond motifs is 1. The maximum atomic E-state index is 14.9. The number of nitrogens with zero attached hydrogens (tertiary/aromatic N) is 5. The van der Waals surface area contributed by atoms with Crippen LogP contribution in [-0.2, 0) is 10.3 Å². The molecule has 3 atom stereocenters. The summed E-state index contributed by atoms with van der Waals surface area (Å²) in [5, 5.41) is 0.117. The number of aromatic nitrogens is 3. The standard InChI is InChI=1S/C23H22F6N6O2S/c1-21(15-6-22(15,19(36)35(2)3)38-20(30)34-21)12-4-11(7-33-17(12)25)5-13(24)14-8-32-16(9-31-14)37-10-23(28,29)18(26)27/h4-5,7-9,15,18H,6,10H2,1-3H3,(H2,30,34)/b13-5-/t15?,21-,22+/m1/s1. The molecule has 204 valence electrons. The van der Waals surface area contributed by atoms with Gasteiger partial charge in [-0.25, -0.2) is 28.1 Å². The Balaban J connectivity index is 1.57. The maximum Gasteiger partial charge on any atom is 0.340 e. The minimum absolute atomic E-state index is 0.0236. The van der Waals surface area contributed by atoms with Crippen LogP contribution in [0.1, 0.15) is 30.2 Å². The summed E-state index contributed by atoms with van der Waals surface area (Å²) in [5.41, 5.74) is 4.62. The van der Waals surface area contributed by atoms with Crippen molar-refractivity contribution < 1.29 is 35.9 Å². The minimum Gasteiger partial charge on any atom is -0.470 e. The van der Waals surface area contributed by atoms with Crippen LogP contribution < -0.4 is 10.5 Å². The number of carbonyl (C=O) groups excluding carboxylic acids is 1. The number of amides is 1. The van der Waals surface area contributed by atoms with Crippen molar-refractivity contribution in [3.05, 3.63) is 47.4 Å². The van der Waals surface area contributed by atoms with Crippen LogP contribution in [0.4, 0.5) is 26.3 Å². The third-order valence-corrected chi connectivity index (χ3v) is 7.58. The smallest absolute Gasteiger partial charge is 0.340 e. The van der Waals surface area contributed by atoms with Crippen LogP contribution >= 0.6 is 11.8 Å². The zero-order chi connectivity index (χ0) is 28.0. The van der Waals surface area contributed by atoms with Crippen molar-refractivity contribution in [1.29, 1.82) is 0 Å². The fraction of sp³-hybridized carbons (Fsp3) is 0.435. The molecule has 8 nitrogen and oxygen atoms in total. The number of rotatable bonds is 8. The number of amidine groups is 1. The number of pyridine rings is 1. The molecular weight excluding hydrogens is 538 g/mol. The highest BCUT2D eigenvalue weighted by Gasteiger charge is 2.71. The van der Waals surface area contributed by atoms with Gasteiger partial charge in [0.1, 0.15) is 10.4 Å². The highest BCUT2D eigenvalue weighted by molar-refractivity contribution is 8.15. The molecule has 2 aliphatic rings. The fourth-order valence-electron chi connectivity index (χ4n) is 4.30. The number of hydrogen-bond donors (Lipinski definition) is 1. The highest BCUT2D eigenvalue weighted by Crippen LogP contribution is 2.66. The van der Waals surface area contributed by atoms with Gasteiger partial charge >= 0.3 is 12.3 Å². The first-order valence-corrected chi connectivity index (χ1v) is 11.9. The first kappa shape index (κ1) is 27.7. The molecule has 38 heavy (non-hydrogen) atoms. The molecule has 0 aromatic carbocycles. The van der Waals surface area contributed by atoms with Gasteiger partial charge in [0.25, 0.3) is 0 Å². The molecule has 3 heterocycles. The Kier molecular flexibility index (Phi) is 7.10. The van der Waals surface area contributed by atoms with E-state index in [-0.39, 0.29) is 33.8 Å². The fourth-order valence-corrected chi connectivity index (χ4v) is 5.80. The van der Waals surface area contributed by atoms with Crippen LogP contribution in [0.25, 0.3) is 11.9 Å². The van der Waals surface area contributed by atoms with Gasteiger partial charge in [-0.05, 0) is 31.1 Å². The molecule has 0 bridgehead atoms. The van der Waals surface area contributed by atoms with Crippen LogP contribution in [0.2, 0.25) is 0 Å². The molecule has 2 aromatic rings. The summed E-state index contributed by atoms with van der Waals surface area (Å²) in [7, 11) is 3.23. The molecule has 0 spiro atoms. The van der Waals surface area contributed by atoms with Crippen molar-refractivity contribution in [2.24, 2.45) is 16.6 Å². The summed E-state index contributed by atoms with van der Waals surface area (Å²) in [6.07, 6.45) is 0.211. The van der Waals surface area contributed by atoms with Gasteiger partial charge in [0.05, 0.1) is 17.9 Å². The molecule has 1 aliphatic heterocycles. The molecule has 2 N–H and O–H groups in total. The summed E-state index contributed by atoms with van der Waals surface area (Å²) in [6, 6.07) is 1.34. The van der Waals surface area contributed by atoms with E-state index in [9.17, 15) is 31.1 Å². The van der Waals surface area contributed by atoms with E-state index in [0.717, 1.165) is 36.4 Å². The van der Waals surface area contributed by atoms with Gasteiger partial charge in [-0.2, -0.15) is 13.2 Å². The Bertz CT molecular complexity index is 1310. The average molecular weight is 561 g/mol. The van der Waals surface area contributed by atoms with E-state index in [1.54, 1.807) is 21.0 Å². The van der Waals surface area contributed by atoms with E-state index < -0.39 is 46.9 Å². The monoisotopic (exact) mass is 560 g/mol. The van der Waals surface area contributed by atoms with Gasteiger partial charge in [0.15, 0.2) is 17.6 Å². The summed E-state index contributed by atoms with van der Waals surface area (Å²) >= 11 is 1.14. The normalized spacial score (nSPS) is 25.1. The number of alkyl halides is 4. The number of hydrogen-bond acceptors (Lipinski definition) is 8. The SMILES string of the molecule is CN(C)C(=O)[C@]12CC1[C@@](C)(c1cc(/C=C(\F)c3cnc(OCC(F)(F)C(F)F)cn3)cnc1F)N=C(N)S2. The van der Waals surface area contributed by atoms with Gasteiger partial charge in [0.2, 0.25) is 17.7 Å². The molecule has 1 fully saturated rings. The number of carbonyl (C=O) groups is 1. The van der Waals surface area contributed by atoms with Gasteiger partial charge in [-0.15, -0.1) is 0 Å². The lowest BCUT2D eigenvalue weighted by Gasteiger charge is -2.34. The van der Waals surface area contributed by atoms with Crippen LogP contribution in [0.15, 0.2) is 29.6 Å². The quantitative estimate of drug-likeness (QED) is 0.386. The van der Waals surface area contributed by atoms with Gasteiger partial charge in [-0.1, -0.05) is 11.8 Å². The number of ether oxygens (including phenoxy) is 1. The van der Waals surface area contributed by atoms with Crippen LogP contribution in [-0.4, -0.2) is 68.7 Å². The topological polar surface area (TPSA) is 107 Å². The van der Waals surface area contributed by atoms with Crippen LogP contribution in [0.3, 0.4) is 0 Å². The molecule has 2 aromatic heterocycles. The number of nitrogens with two attached hydrogens (primary N) is 1. The zero-order valence-corrected chi connectivity index (χ0v) is 21.1. The number of aliphatic imine (C=N–C) groups is 1. The molecule has 15 heteroatoms. The first-order valence-electron chi connectivity index (χ1n) is 11.1. The van der Waals surface area contributed by atoms with E-state index in [0.29, 0.717) is 6.42 Å². The molecule has 1 amide bonds. The molecular formula is C23H22F6N6O2S. The number of thioether (sulfide) groups is 1. The van der Waals surface area contributed by atoms with Gasteiger partial charge in [-0.3, -0.25) is 9.79 Å². The maximum absolute atomic E-state index is 14.9. The molecule has 1 unspecified atom stereocenters. The summed E-state index contributed by atoms with van der Waals surface area (Å²) in [4.78, 5) is 29.8. The largest absolute Gasteiger partial charge is 0.470 e. The van der Waals surface area contributed by atoms with Crippen molar-refractivity contribution >= 4 is 34.7 Å². The lowest BCUT2D eigenvalue weighted by molar-refractivity contribution is -0.148. The van der Waals surface area contributed by atoms with Gasteiger partial charge in [0, 0.05) is 31.8 Å². The first-order chi connectivity index (χ1) is 17.7. The van der Waals surface area contributed by atoms with E-state index in [1.165, 1.54) is 11.0 Å². The lowest BCUT2D eigenvalue weighted by Crippen LogP contribution is -2.43. The van der Waals surface area contributed by atoms with E-state index in [2.05, 4.69) is 24.7 Å². The molecule has 0 saturated heterocycles. The van der Waals surface area contributed by atoms with Crippen molar-refractivity contribution in [2.45, 2.75) is 36.0 Å². The van der Waals surface area contributed by atoms with Crippen LogP contribution in [0, 0.1) is 11.9 Å². The summed E-state index contributed by atoms with van der Waals surface area (Å²) in [6.45, 7) is 0.00831. The average Bonchev–Trinajstić information content (AvgIpc) is 3.60. The summed E-state index contributed by atoms with van der Waals surface area (Å²) in [5.74, 6) is -7.23. The second-order valence-electron chi connectivity index (χ2n) is 9.23. The second kappa shape index (κ2) is 9.75. The minimum atomic E-state index is -4.39. The molecule has 1 aliphatic carbocycles. The Hall–Kier alpha value is -3.36. The van der Waals surface area contributed by atoms with Crippen molar-refractivity contribution in [2.75, 3.05) is 20.7 Å². The molecule has 4 rings (SSSR count). The highest BCUT2D eigenvalue weighted by atomic mass is 32.2.